The van der Waals surface area contributed by atoms with Crippen LogP contribution >= 0.6 is 0 Å². The molecule has 1 saturated heterocycles. The fraction of sp³-hybridized carbons (Fsp3) is 0.385. The van der Waals surface area contributed by atoms with Crippen molar-refractivity contribution in [1.82, 2.24) is 19.9 Å². The lowest BCUT2D eigenvalue weighted by molar-refractivity contribution is -0.137. The molecule has 1 fully saturated rings. The van der Waals surface area contributed by atoms with Gasteiger partial charge in [-0.3, -0.25) is 9.78 Å². The fourth-order valence-electron chi connectivity index (χ4n) is 4.26. The quantitative estimate of drug-likeness (QED) is 0.502. The standard InChI is InChI=1S/C26H30N4O3/c1-3-8-24-28-17-20(19-12-14-27-15-13-19)26(29-24)21-9-6-7-16-30(21)25(31)18-33-23-11-5-4-10-22(23)32-2/h4-5,10-15,17,21H,3,6-9,16,18H2,1-2H3. The second kappa shape index (κ2) is 10.9. The molecule has 0 aliphatic carbocycles. The molecule has 0 radical (unpaired) electrons. The number of ether oxygens (including phenoxy) is 2. The summed E-state index contributed by atoms with van der Waals surface area (Å²) in [7, 11) is 1.59. The molecule has 4 rings (SSSR count). The second-order valence-corrected chi connectivity index (χ2v) is 8.11. The molecular weight excluding hydrogens is 416 g/mol. The molecule has 1 aliphatic heterocycles. The van der Waals surface area contributed by atoms with Crippen LogP contribution in [0.4, 0.5) is 0 Å². The van der Waals surface area contributed by atoms with Gasteiger partial charge in [0, 0.05) is 37.1 Å². The molecule has 1 unspecified atom stereocenters. The number of pyridine rings is 1. The summed E-state index contributed by atoms with van der Waals surface area (Å²) >= 11 is 0. The number of para-hydroxylation sites is 2. The molecule has 2 aromatic heterocycles. The molecule has 7 heteroatoms. The summed E-state index contributed by atoms with van der Waals surface area (Å²) in [5.74, 6) is 1.93. The van der Waals surface area contributed by atoms with Crippen LogP contribution in [0.5, 0.6) is 11.5 Å². The zero-order valence-corrected chi connectivity index (χ0v) is 19.2. The molecule has 0 bridgehead atoms. The number of carbonyl (C=O) groups is 1. The molecule has 1 aliphatic rings. The summed E-state index contributed by atoms with van der Waals surface area (Å²) in [4.78, 5) is 28.9. The van der Waals surface area contributed by atoms with Gasteiger partial charge < -0.3 is 14.4 Å². The highest BCUT2D eigenvalue weighted by molar-refractivity contribution is 5.79. The van der Waals surface area contributed by atoms with E-state index >= 15 is 0 Å². The van der Waals surface area contributed by atoms with E-state index in [0.717, 1.165) is 54.7 Å². The minimum atomic E-state index is -0.116. The molecule has 0 N–H and O–H groups in total. The summed E-state index contributed by atoms with van der Waals surface area (Å²) in [6, 6.07) is 11.2. The smallest absolute Gasteiger partial charge is 0.261 e. The van der Waals surface area contributed by atoms with Crippen molar-refractivity contribution in [2.75, 3.05) is 20.3 Å². The van der Waals surface area contributed by atoms with Crippen LogP contribution in [0.15, 0.2) is 55.0 Å². The Hall–Kier alpha value is -3.48. The summed E-state index contributed by atoms with van der Waals surface area (Å²) in [6.45, 7) is 2.75. The van der Waals surface area contributed by atoms with Gasteiger partial charge in [0.05, 0.1) is 18.8 Å². The normalized spacial score (nSPS) is 15.8. The third-order valence-electron chi connectivity index (χ3n) is 5.89. The van der Waals surface area contributed by atoms with Crippen LogP contribution in [0.1, 0.15) is 50.2 Å². The Labute approximate surface area is 194 Å². The summed E-state index contributed by atoms with van der Waals surface area (Å²) in [6.07, 6.45) is 10.1. The van der Waals surface area contributed by atoms with Crippen molar-refractivity contribution in [3.63, 3.8) is 0 Å². The Balaban J connectivity index is 1.62. The van der Waals surface area contributed by atoms with Gasteiger partial charge in [0.2, 0.25) is 0 Å². The first-order valence-corrected chi connectivity index (χ1v) is 11.5. The molecule has 3 heterocycles. The topological polar surface area (TPSA) is 77.4 Å². The van der Waals surface area contributed by atoms with Gasteiger partial charge >= 0.3 is 0 Å². The van der Waals surface area contributed by atoms with E-state index in [1.807, 2.05) is 47.5 Å². The number of hydrogen-bond acceptors (Lipinski definition) is 6. The van der Waals surface area contributed by atoms with Gasteiger partial charge in [-0.2, -0.15) is 0 Å². The zero-order valence-electron chi connectivity index (χ0n) is 19.2. The van der Waals surface area contributed by atoms with Crippen molar-refractivity contribution >= 4 is 5.91 Å². The maximum atomic E-state index is 13.3. The third kappa shape index (κ3) is 5.30. The number of nitrogens with zero attached hydrogens (tertiary/aromatic N) is 4. The number of likely N-dealkylation sites (tertiary alicyclic amines) is 1. The van der Waals surface area contributed by atoms with Crippen LogP contribution in [0, 0.1) is 0 Å². The van der Waals surface area contributed by atoms with Crippen molar-refractivity contribution in [3.05, 3.63) is 66.5 Å². The SMILES string of the molecule is CCCc1ncc(-c2ccncc2)c(C2CCCCN2C(=O)COc2ccccc2OC)n1. The van der Waals surface area contributed by atoms with Crippen LogP contribution in [0.3, 0.4) is 0 Å². The van der Waals surface area contributed by atoms with Gasteiger partial charge in [-0.1, -0.05) is 19.1 Å². The third-order valence-corrected chi connectivity index (χ3v) is 5.89. The van der Waals surface area contributed by atoms with Gasteiger partial charge in [-0.05, 0) is 55.5 Å². The minimum absolute atomic E-state index is 0.0473. The Morgan fingerprint density at radius 3 is 2.67 bits per heavy atom. The van der Waals surface area contributed by atoms with Crippen LogP contribution in [0.2, 0.25) is 0 Å². The molecule has 33 heavy (non-hydrogen) atoms. The Bertz CT molecular complexity index is 1070. The molecule has 172 valence electrons. The monoisotopic (exact) mass is 446 g/mol. The highest BCUT2D eigenvalue weighted by Crippen LogP contribution is 2.36. The van der Waals surface area contributed by atoms with E-state index in [4.69, 9.17) is 14.5 Å². The lowest BCUT2D eigenvalue weighted by Gasteiger charge is -2.36. The van der Waals surface area contributed by atoms with Crippen LogP contribution in [-0.4, -0.2) is 46.0 Å². The Kier molecular flexibility index (Phi) is 7.50. The van der Waals surface area contributed by atoms with Gasteiger partial charge in [-0.15, -0.1) is 0 Å². The number of aryl methyl sites for hydroxylation is 1. The number of hydrogen-bond donors (Lipinski definition) is 0. The van der Waals surface area contributed by atoms with Crippen LogP contribution < -0.4 is 9.47 Å². The molecule has 7 nitrogen and oxygen atoms in total. The van der Waals surface area contributed by atoms with Crippen LogP contribution in [0.25, 0.3) is 11.1 Å². The van der Waals surface area contributed by atoms with Gasteiger partial charge in [0.1, 0.15) is 5.82 Å². The lowest BCUT2D eigenvalue weighted by Crippen LogP contribution is -2.41. The van der Waals surface area contributed by atoms with Gasteiger partial charge in [0.25, 0.3) is 5.91 Å². The number of piperidine rings is 1. The highest BCUT2D eigenvalue weighted by atomic mass is 16.5. The van der Waals surface area contributed by atoms with E-state index in [1.54, 1.807) is 19.5 Å². The molecule has 1 amide bonds. The van der Waals surface area contributed by atoms with Crippen molar-refractivity contribution in [2.45, 2.75) is 45.1 Å². The first kappa shape index (κ1) is 22.7. The van der Waals surface area contributed by atoms with Crippen molar-refractivity contribution in [2.24, 2.45) is 0 Å². The molecule has 1 aromatic carbocycles. The summed E-state index contributed by atoms with van der Waals surface area (Å²) in [5, 5.41) is 0. The van der Waals surface area contributed by atoms with E-state index in [2.05, 4.69) is 16.9 Å². The maximum Gasteiger partial charge on any atom is 0.261 e. The summed E-state index contributed by atoms with van der Waals surface area (Å²) < 4.78 is 11.2. The number of methoxy groups -OCH3 is 1. The second-order valence-electron chi connectivity index (χ2n) is 8.11. The predicted molar refractivity (Wildman–Crippen MR) is 126 cm³/mol. The fourth-order valence-corrected chi connectivity index (χ4v) is 4.26. The lowest BCUT2D eigenvalue weighted by atomic mass is 9.94. The van der Waals surface area contributed by atoms with Crippen molar-refractivity contribution in [3.8, 4) is 22.6 Å². The van der Waals surface area contributed by atoms with Gasteiger partial charge in [-0.25, -0.2) is 9.97 Å². The van der Waals surface area contributed by atoms with E-state index in [0.29, 0.717) is 18.0 Å². The van der Waals surface area contributed by atoms with E-state index < -0.39 is 0 Å². The number of rotatable bonds is 8. The predicted octanol–water partition coefficient (Wildman–Crippen LogP) is 4.63. The van der Waals surface area contributed by atoms with Gasteiger partial charge in [0.15, 0.2) is 18.1 Å². The molecule has 0 spiro atoms. The minimum Gasteiger partial charge on any atom is -0.493 e. The van der Waals surface area contributed by atoms with E-state index in [-0.39, 0.29) is 18.6 Å². The maximum absolute atomic E-state index is 13.3. The molecule has 3 aromatic rings. The van der Waals surface area contributed by atoms with Crippen LogP contribution in [-0.2, 0) is 11.2 Å². The van der Waals surface area contributed by atoms with Crippen molar-refractivity contribution in [1.29, 1.82) is 0 Å². The highest BCUT2D eigenvalue weighted by Gasteiger charge is 2.31. The first-order valence-electron chi connectivity index (χ1n) is 11.5. The average Bonchev–Trinajstić information content (AvgIpc) is 2.88. The Morgan fingerprint density at radius 2 is 1.91 bits per heavy atom. The largest absolute Gasteiger partial charge is 0.493 e. The first-order chi connectivity index (χ1) is 16.2. The van der Waals surface area contributed by atoms with E-state index in [9.17, 15) is 4.79 Å². The number of carbonyl (C=O) groups excluding carboxylic acids is 1. The van der Waals surface area contributed by atoms with E-state index in [1.165, 1.54) is 0 Å². The Morgan fingerprint density at radius 1 is 1.12 bits per heavy atom. The molecule has 1 atom stereocenters. The summed E-state index contributed by atoms with van der Waals surface area (Å²) in [5.41, 5.74) is 2.86. The number of aromatic nitrogens is 3. The average molecular weight is 447 g/mol. The van der Waals surface area contributed by atoms with Crippen molar-refractivity contribution < 1.29 is 14.3 Å². The molecule has 0 saturated carbocycles. The number of benzene rings is 1. The number of amides is 1. The molecular formula is C26H30N4O3. The zero-order chi connectivity index (χ0) is 23.0.